The zero-order valence-electron chi connectivity index (χ0n) is 11.8. The van der Waals surface area contributed by atoms with Gasteiger partial charge in [0.1, 0.15) is 16.2 Å². The van der Waals surface area contributed by atoms with E-state index >= 15 is 0 Å². The van der Waals surface area contributed by atoms with Crippen LogP contribution in [0.5, 0.6) is 0 Å². The lowest BCUT2D eigenvalue weighted by Crippen LogP contribution is -2.19. The predicted octanol–water partition coefficient (Wildman–Crippen LogP) is 4.43. The van der Waals surface area contributed by atoms with Crippen molar-refractivity contribution in [2.45, 2.75) is 59.4 Å². The SMILES string of the molecule is CCCc1nc(Br)cc(NC(C)CC(C)CC)n1. The van der Waals surface area contributed by atoms with Crippen LogP contribution in [0.25, 0.3) is 0 Å². The molecular formula is C14H24BrN3. The van der Waals surface area contributed by atoms with Crippen molar-refractivity contribution in [1.29, 1.82) is 0 Å². The maximum Gasteiger partial charge on any atom is 0.132 e. The fourth-order valence-electron chi connectivity index (χ4n) is 1.96. The summed E-state index contributed by atoms with van der Waals surface area (Å²) in [5, 5.41) is 3.47. The molecule has 0 saturated carbocycles. The van der Waals surface area contributed by atoms with Crippen LogP contribution in [0.4, 0.5) is 5.82 Å². The van der Waals surface area contributed by atoms with Crippen LogP contribution >= 0.6 is 15.9 Å². The second-order valence-electron chi connectivity index (χ2n) is 5.04. The fraction of sp³-hybridized carbons (Fsp3) is 0.714. The summed E-state index contributed by atoms with van der Waals surface area (Å²) in [6.45, 7) is 8.87. The van der Waals surface area contributed by atoms with E-state index in [-0.39, 0.29) is 0 Å². The number of rotatable bonds is 7. The predicted molar refractivity (Wildman–Crippen MR) is 80.9 cm³/mol. The second kappa shape index (κ2) is 7.72. The van der Waals surface area contributed by atoms with Crippen molar-refractivity contribution in [3.63, 3.8) is 0 Å². The number of nitrogens with one attached hydrogen (secondary N) is 1. The molecule has 3 nitrogen and oxygen atoms in total. The summed E-state index contributed by atoms with van der Waals surface area (Å²) in [5.41, 5.74) is 0. The van der Waals surface area contributed by atoms with E-state index < -0.39 is 0 Å². The lowest BCUT2D eigenvalue weighted by Gasteiger charge is -2.18. The van der Waals surface area contributed by atoms with Crippen LogP contribution in [0, 0.1) is 5.92 Å². The van der Waals surface area contributed by atoms with Crippen molar-refractivity contribution >= 4 is 21.7 Å². The molecule has 0 radical (unpaired) electrons. The van der Waals surface area contributed by atoms with Crippen molar-refractivity contribution in [3.8, 4) is 0 Å². The van der Waals surface area contributed by atoms with Crippen molar-refractivity contribution in [3.05, 3.63) is 16.5 Å². The standard InChI is InChI=1S/C14H24BrN3/c1-5-7-13-17-12(15)9-14(18-13)16-11(4)8-10(3)6-2/h9-11H,5-8H2,1-4H3,(H,16,17,18). The van der Waals surface area contributed by atoms with E-state index in [0.717, 1.165) is 35.0 Å². The summed E-state index contributed by atoms with van der Waals surface area (Å²) in [6.07, 6.45) is 4.38. The molecule has 0 bridgehead atoms. The highest BCUT2D eigenvalue weighted by Crippen LogP contribution is 2.17. The Hall–Kier alpha value is -0.640. The van der Waals surface area contributed by atoms with Gasteiger partial charge in [-0.05, 0) is 41.6 Å². The molecule has 2 atom stereocenters. The second-order valence-corrected chi connectivity index (χ2v) is 5.85. The zero-order valence-corrected chi connectivity index (χ0v) is 13.4. The fourth-order valence-corrected chi connectivity index (χ4v) is 2.38. The number of halogens is 1. The highest BCUT2D eigenvalue weighted by molar-refractivity contribution is 9.10. The van der Waals surface area contributed by atoms with Gasteiger partial charge in [-0.3, -0.25) is 0 Å². The van der Waals surface area contributed by atoms with Crippen molar-refractivity contribution < 1.29 is 0 Å². The highest BCUT2D eigenvalue weighted by atomic mass is 79.9. The van der Waals surface area contributed by atoms with E-state index in [9.17, 15) is 0 Å². The number of anilines is 1. The molecule has 1 rings (SSSR count). The van der Waals surface area contributed by atoms with Gasteiger partial charge in [0, 0.05) is 18.5 Å². The molecule has 0 aliphatic rings. The lowest BCUT2D eigenvalue weighted by molar-refractivity contribution is 0.483. The van der Waals surface area contributed by atoms with Gasteiger partial charge in [-0.1, -0.05) is 27.2 Å². The third-order valence-corrected chi connectivity index (χ3v) is 3.47. The molecule has 0 aliphatic heterocycles. The lowest BCUT2D eigenvalue weighted by atomic mass is 10.0. The van der Waals surface area contributed by atoms with Gasteiger partial charge in [-0.25, -0.2) is 9.97 Å². The number of nitrogens with zero attached hydrogens (tertiary/aromatic N) is 2. The Morgan fingerprint density at radius 1 is 1.28 bits per heavy atom. The molecule has 0 aliphatic carbocycles. The first-order valence-electron chi connectivity index (χ1n) is 6.85. The number of aryl methyl sites for hydroxylation is 1. The monoisotopic (exact) mass is 313 g/mol. The molecule has 0 fully saturated rings. The third kappa shape index (κ3) is 5.34. The zero-order chi connectivity index (χ0) is 13.5. The van der Waals surface area contributed by atoms with E-state index in [1.165, 1.54) is 12.8 Å². The molecular weight excluding hydrogens is 290 g/mol. The first-order valence-corrected chi connectivity index (χ1v) is 7.64. The minimum absolute atomic E-state index is 0.441. The van der Waals surface area contributed by atoms with E-state index in [4.69, 9.17) is 0 Å². The number of hydrogen-bond acceptors (Lipinski definition) is 3. The molecule has 2 unspecified atom stereocenters. The van der Waals surface area contributed by atoms with E-state index in [1.54, 1.807) is 0 Å². The molecule has 18 heavy (non-hydrogen) atoms. The molecule has 1 aromatic heterocycles. The van der Waals surface area contributed by atoms with Crippen LogP contribution in [-0.2, 0) is 6.42 Å². The van der Waals surface area contributed by atoms with Crippen molar-refractivity contribution in [2.24, 2.45) is 5.92 Å². The van der Waals surface area contributed by atoms with Gasteiger partial charge in [0.05, 0.1) is 0 Å². The normalized spacial score (nSPS) is 14.3. The minimum Gasteiger partial charge on any atom is -0.367 e. The maximum atomic E-state index is 4.54. The minimum atomic E-state index is 0.441. The first-order chi connectivity index (χ1) is 8.55. The smallest absolute Gasteiger partial charge is 0.132 e. The summed E-state index contributed by atoms with van der Waals surface area (Å²) in [4.78, 5) is 8.92. The Bertz CT molecular complexity index is 368. The van der Waals surface area contributed by atoms with Crippen LogP contribution < -0.4 is 5.32 Å². The van der Waals surface area contributed by atoms with Gasteiger partial charge in [-0.15, -0.1) is 0 Å². The van der Waals surface area contributed by atoms with Gasteiger partial charge < -0.3 is 5.32 Å². The van der Waals surface area contributed by atoms with Crippen LogP contribution in [0.1, 0.15) is 52.8 Å². The Kier molecular flexibility index (Phi) is 6.61. The topological polar surface area (TPSA) is 37.8 Å². The molecule has 0 amide bonds. The summed E-state index contributed by atoms with van der Waals surface area (Å²) >= 11 is 3.45. The van der Waals surface area contributed by atoms with E-state index in [2.05, 4.69) is 58.9 Å². The summed E-state index contributed by atoms with van der Waals surface area (Å²) < 4.78 is 0.860. The first kappa shape index (κ1) is 15.4. The molecule has 0 aromatic carbocycles. The Balaban J connectivity index is 2.65. The summed E-state index contributed by atoms with van der Waals surface area (Å²) in [7, 11) is 0. The summed E-state index contributed by atoms with van der Waals surface area (Å²) in [6, 6.07) is 2.39. The van der Waals surface area contributed by atoms with Gasteiger partial charge in [0.2, 0.25) is 0 Å². The van der Waals surface area contributed by atoms with E-state index in [1.807, 2.05) is 6.07 Å². The van der Waals surface area contributed by atoms with Crippen molar-refractivity contribution in [2.75, 3.05) is 5.32 Å². The molecule has 102 valence electrons. The van der Waals surface area contributed by atoms with Gasteiger partial charge in [0.15, 0.2) is 0 Å². The van der Waals surface area contributed by atoms with Gasteiger partial charge in [0.25, 0.3) is 0 Å². The van der Waals surface area contributed by atoms with Crippen LogP contribution in [0.3, 0.4) is 0 Å². The summed E-state index contributed by atoms with van der Waals surface area (Å²) in [5.74, 6) is 2.58. The highest BCUT2D eigenvalue weighted by Gasteiger charge is 2.09. The maximum absolute atomic E-state index is 4.54. The molecule has 1 aromatic rings. The quantitative estimate of drug-likeness (QED) is 0.757. The van der Waals surface area contributed by atoms with Crippen LogP contribution in [0.15, 0.2) is 10.7 Å². The largest absolute Gasteiger partial charge is 0.367 e. The molecule has 0 spiro atoms. The number of aromatic nitrogens is 2. The van der Waals surface area contributed by atoms with Crippen LogP contribution in [-0.4, -0.2) is 16.0 Å². The molecule has 1 N–H and O–H groups in total. The number of hydrogen-bond donors (Lipinski definition) is 1. The third-order valence-electron chi connectivity index (χ3n) is 3.06. The van der Waals surface area contributed by atoms with Gasteiger partial charge >= 0.3 is 0 Å². The Morgan fingerprint density at radius 2 is 2.00 bits per heavy atom. The van der Waals surface area contributed by atoms with Crippen LogP contribution in [0.2, 0.25) is 0 Å². The Labute approximate surface area is 119 Å². The molecule has 4 heteroatoms. The molecule has 1 heterocycles. The van der Waals surface area contributed by atoms with Gasteiger partial charge in [-0.2, -0.15) is 0 Å². The molecule has 0 saturated heterocycles. The average molecular weight is 314 g/mol. The van der Waals surface area contributed by atoms with E-state index in [0.29, 0.717) is 6.04 Å². The Morgan fingerprint density at radius 3 is 2.61 bits per heavy atom. The van der Waals surface area contributed by atoms with Crippen molar-refractivity contribution in [1.82, 2.24) is 9.97 Å². The average Bonchev–Trinajstić information content (AvgIpc) is 2.28.